The van der Waals surface area contributed by atoms with Gasteiger partial charge in [-0.25, -0.2) is 4.39 Å². The van der Waals surface area contributed by atoms with Crippen LogP contribution in [0.2, 0.25) is 0 Å². The van der Waals surface area contributed by atoms with E-state index in [9.17, 15) is 4.39 Å². The van der Waals surface area contributed by atoms with Crippen LogP contribution in [-0.2, 0) is 0 Å². The molecule has 0 unspecified atom stereocenters. The summed E-state index contributed by atoms with van der Waals surface area (Å²) in [5, 5.41) is 0. The zero-order chi connectivity index (χ0) is 10.6. The van der Waals surface area contributed by atoms with E-state index in [0.717, 1.165) is 0 Å². The lowest BCUT2D eigenvalue weighted by molar-refractivity contribution is 0.353. The van der Waals surface area contributed by atoms with Crippen molar-refractivity contribution >= 4 is 12.4 Å². The summed E-state index contributed by atoms with van der Waals surface area (Å²) in [4.78, 5) is 0. The van der Waals surface area contributed by atoms with Crippen LogP contribution in [-0.4, -0.2) is 20.9 Å². The largest absolute Gasteiger partial charge is 0.493 e. The van der Waals surface area contributed by atoms with E-state index in [1.165, 1.54) is 7.11 Å². The van der Waals surface area contributed by atoms with Gasteiger partial charge in [0.2, 0.25) is 0 Å². The SMILES string of the molecule is COc1ccc([C@@H](N)CF)cc1OC.Cl. The van der Waals surface area contributed by atoms with E-state index < -0.39 is 12.7 Å². The van der Waals surface area contributed by atoms with Gasteiger partial charge in [0, 0.05) is 0 Å². The molecule has 15 heavy (non-hydrogen) atoms. The Balaban J connectivity index is 0.00000196. The first-order valence-corrected chi connectivity index (χ1v) is 4.26. The van der Waals surface area contributed by atoms with Gasteiger partial charge in [0.1, 0.15) is 6.67 Å². The van der Waals surface area contributed by atoms with Crippen LogP contribution in [0.25, 0.3) is 0 Å². The molecule has 5 heteroatoms. The molecule has 1 aromatic rings. The van der Waals surface area contributed by atoms with Crippen LogP contribution in [0, 0.1) is 0 Å². The standard InChI is InChI=1S/C10H14FNO2.ClH/c1-13-9-4-3-7(8(12)6-11)5-10(9)14-2;/h3-5,8H,6,12H2,1-2H3;1H/t8-;/m0./s1. The van der Waals surface area contributed by atoms with Gasteiger partial charge in [0.25, 0.3) is 0 Å². The summed E-state index contributed by atoms with van der Waals surface area (Å²) < 4.78 is 22.4. The van der Waals surface area contributed by atoms with Gasteiger partial charge in [-0.1, -0.05) is 6.07 Å². The predicted molar refractivity (Wildman–Crippen MR) is 59.7 cm³/mol. The Morgan fingerprint density at radius 1 is 1.27 bits per heavy atom. The first-order valence-electron chi connectivity index (χ1n) is 4.26. The van der Waals surface area contributed by atoms with Crippen molar-refractivity contribution in [3.8, 4) is 11.5 Å². The highest BCUT2D eigenvalue weighted by Crippen LogP contribution is 2.29. The highest BCUT2D eigenvalue weighted by molar-refractivity contribution is 5.85. The number of hydrogen-bond acceptors (Lipinski definition) is 3. The Labute approximate surface area is 94.8 Å². The maximum Gasteiger partial charge on any atom is 0.161 e. The molecule has 1 rings (SSSR count). The molecular weight excluding hydrogens is 221 g/mol. The van der Waals surface area contributed by atoms with Crippen LogP contribution in [0.3, 0.4) is 0 Å². The minimum atomic E-state index is -0.602. The van der Waals surface area contributed by atoms with Gasteiger partial charge in [-0.15, -0.1) is 12.4 Å². The van der Waals surface area contributed by atoms with Gasteiger partial charge >= 0.3 is 0 Å². The Morgan fingerprint density at radius 2 is 1.87 bits per heavy atom. The van der Waals surface area contributed by atoms with Crippen molar-refractivity contribution in [3.63, 3.8) is 0 Å². The number of methoxy groups -OCH3 is 2. The molecule has 0 saturated carbocycles. The molecule has 2 N–H and O–H groups in total. The smallest absolute Gasteiger partial charge is 0.161 e. The normalized spacial score (nSPS) is 11.5. The van der Waals surface area contributed by atoms with E-state index in [2.05, 4.69) is 0 Å². The van der Waals surface area contributed by atoms with Gasteiger partial charge < -0.3 is 15.2 Å². The van der Waals surface area contributed by atoms with E-state index in [1.54, 1.807) is 25.3 Å². The summed E-state index contributed by atoms with van der Waals surface area (Å²) in [5.41, 5.74) is 6.24. The minimum Gasteiger partial charge on any atom is -0.493 e. The third-order valence-corrected chi connectivity index (χ3v) is 2.00. The molecule has 1 atom stereocenters. The van der Waals surface area contributed by atoms with Crippen molar-refractivity contribution in [1.29, 1.82) is 0 Å². The van der Waals surface area contributed by atoms with Crippen LogP contribution in [0.1, 0.15) is 11.6 Å². The fraction of sp³-hybridized carbons (Fsp3) is 0.400. The molecule has 0 saturated heterocycles. The van der Waals surface area contributed by atoms with Crippen LogP contribution in [0.15, 0.2) is 18.2 Å². The van der Waals surface area contributed by atoms with E-state index >= 15 is 0 Å². The lowest BCUT2D eigenvalue weighted by Crippen LogP contribution is -2.12. The van der Waals surface area contributed by atoms with E-state index in [4.69, 9.17) is 15.2 Å². The minimum absolute atomic E-state index is 0. The molecule has 3 nitrogen and oxygen atoms in total. The zero-order valence-corrected chi connectivity index (χ0v) is 9.51. The molecule has 1 aromatic carbocycles. The number of rotatable bonds is 4. The number of benzene rings is 1. The summed E-state index contributed by atoms with van der Waals surface area (Å²) in [7, 11) is 3.08. The molecule has 0 heterocycles. The summed E-state index contributed by atoms with van der Waals surface area (Å²) in [6, 6.07) is 4.52. The number of halogens is 2. The third-order valence-electron chi connectivity index (χ3n) is 2.00. The average Bonchev–Trinajstić information content (AvgIpc) is 2.26. The molecule has 0 aliphatic carbocycles. The monoisotopic (exact) mass is 235 g/mol. The van der Waals surface area contributed by atoms with Crippen molar-refractivity contribution in [2.45, 2.75) is 6.04 Å². The Morgan fingerprint density at radius 3 is 2.33 bits per heavy atom. The number of hydrogen-bond donors (Lipinski definition) is 1. The van der Waals surface area contributed by atoms with Crippen molar-refractivity contribution in [1.82, 2.24) is 0 Å². The number of alkyl halides is 1. The maximum absolute atomic E-state index is 12.3. The molecule has 0 aromatic heterocycles. The van der Waals surface area contributed by atoms with Gasteiger partial charge in [-0.3, -0.25) is 0 Å². The van der Waals surface area contributed by atoms with E-state index in [1.807, 2.05) is 0 Å². The van der Waals surface area contributed by atoms with E-state index in [-0.39, 0.29) is 12.4 Å². The molecule has 0 spiro atoms. The highest BCUT2D eigenvalue weighted by atomic mass is 35.5. The maximum atomic E-state index is 12.3. The van der Waals surface area contributed by atoms with Crippen molar-refractivity contribution in [2.75, 3.05) is 20.9 Å². The molecule has 0 radical (unpaired) electrons. The molecule has 0 bridgehead atoms. The lowest BCUT2D eigenvalue weighted by atomic mass is 10.1. The highest BCUT2D eigenvalue weighted by Gasteiger charge is 2.09. The Hall–Kier alpha value is -1.00. The second-order valence-electron chi connectivity index (χ2n) is 2.88. The lowest BCUT2D eigenvalue weighted by Gasteiger charge is -2.12. The second kappa shape index (κ2) is 6.48. The van der Waals surface area contributed by atoms with Crippen LogP contribution >= 0.6 is 12.4 Å². The van der Waals surface area contributed by atoms with Crippen molar-refractivity contribution in [2.24, 2.45) is 5.73 Å². The third kappa shape index (κ3) is 3.25. The van der Waals surface area contributed by atoms with Gasteiger partial charge in [-0.2, -0.15) is 0 Å². The van der Waals surface area contributed by atoms with E-state index in [0.29, 0.717) is 17.1 Å². The fourth-order valence-corrected chi connectivity index (χ4v) is 1.17. The number of nitrogens with two attached hydrogens (primary N) is 1. The summed E-state index contributed by atoms with van der Waals surface area (Å²) in [6.45, 7) is -0.588. The van der Waals surface area contributed by atoms with Gasteiger partial charge in [0.15, 0.2) is 11.5 Å². The molecule has 0 aliphatic rings. The fourth-order valence-electron chi connectivity index (χ4n) is 1.17. The predicted octanol–water partition coefficient (Wildman–Crippen LogP) is 2.09. The van der Waals surface area contributed by atoms with Crippen LogP contribution in [0.4, 0.5) is 4.39 Å². The Kier molecular flexibility index (Phi) is 6.05. The average molecular weight is 236 g/mol. The first-order chi connectivity index (χ1) is 6.72. The van der Waals surface area contributed by atoms with Crippen molar-refractivity contribution in [3.05, 3.63) is 23.8 Å². The van der Waals surface area contributed by atoms with Crippen LogP contribution < -0.4 is 15.2 Å². The molecular formula is C10H15ClFNO2. The van der Waals surface area contributed by atoms with Crippen molar-refractivity contribution < 1.29 is 13.9 Å². The molecule has 86 valence electrons. The number of ether oxygens (including phenoxy) is 2. The summed E-state index contributed by atoms with van der Waals surface area (Å²) in [5.74, 6) is 1.18. The topological polar surface area (TPSA) is 44.5 Å². The van der Waals surface area contributed by atoms with Gasteiger partial charge in [-0.05, 0) is 17.7 Å². The summed E-state index contributed by atoms with van der Waals surface area (Å²) in [6.07, 6.45) is 0. The van der Waals surface area contributed by atoms with Gasteiger partial charge in [0.05, 0.1) is 20.3 Å². The molecule has 0 aliphatic heterocycles. The quantitative estimate of drug-likeness (QED) is 0.869. The zero-order valence-electron chi connectivity index (χ0n) is 8.70. The second-order valence-corrected chi connectivity index (χ2v) is 2.88. The molecule has 0 amide bonds. The Bertz CT molecular complexity index is 309. The van der Waals surface area contributed by atoms with Crippen LogP contribution in [0.5, 0.6) is 11.5 Å². The molecule has 0 fully saturated rings. The first kappa shape index (κ1) is 14.0. The summed E-state index contributed by atoms with van der Waals surface area (Å²) >= 11 is 0.